The Morgan fingerprint density at radius 2 is 0.600 bits per heavy atom. The van der Waals surface area contributed by atoms with Crippen LogP contribution in [0, 0.1) is 0 Å². The van der Waals surface area contributed by atoms with E-state index in [-0.39, 0.29) is 47.4 Å². The highest BCUT2D eigenvalue weighted by Crippen LogP contribution is 2.45. The van der Waals surface area contributed by atoms with Gasteiger partial charge in [-0.1, -0.05) is 206 Å². The van der Waals surface area contributed by atoms with Crippen LogP contribution in [0.2, 0.25) is 0 Å². The van der Waals surface area contributed by atoms with E-state index in [1.807, 2.05) is 91.0 Å². The Morgan fingerprint density at radius 1 is 0.255 bits per heavy atom. The highest BCUT2D eigenvalue weighted by Gasteiger charge is 2.20. The van der Waals surface area contributed by atoms with Crippen LogP contribution in [0.4, 0.5) is 17.1 Å². The number of benzene rings is 9. The van der Waals surface area contributed by atoms with Crippen molar-refractivity contribution in [3.05, 3.63) is 236 Å². The first-order valence-electron chi connectivity index (χ1n) is 23.0. The van der Waals surface area contributed by atoms with Crippen LogP contribution >= 0.6 is 0 Å². The van der Waals surface area contributed by atoms with Crippen molar-refractivity contribution < 1.29 is 13.7 Å². The van der Waals surface area contributed by atoms with Gasteiger partial charge in [-0.2, -0.15) is 0 Å². The van der Waals surface area contributed by atoms with Gasteiger partial charge in [-0.05, 0) is 91.5 Å². The van der Waals surface area contributed by atoms with Gasteiger partial charge in [-0.15, -0.1) is 0 Å². The Morgan fingerprint density at radius 3 is 1.09 bits per heavy atom. The van der Waals surface area contributed by atoms with Gasteiger partial charge in [0.2, 0.25) is 0 Å². The van der Waals surface area contributed by atoms with E-state index in [9.17, 15) is 0 Å². The Balaban J connectivity index is 1.17. The fourth-order valence-corrected chi connectivity index (χ4v) is 7.06. The van der Waals surface area contributed by atoms with Gasteiger partial charge in [0.15, 0.2) is 0 Å². The fraction of sp³-hybridized carbons (Fsp3) is 0. The summed E-state index contributed by atoms with van der Waals surface area (Å²) in [6.45, 7) is 0. The Hall–Kier alpha value is -7.22. The van der Waals surface area contributed by atoms with Crippen molar-refractivity contribution in [2.24, 2.45) is 0 Å². The van der Waals surface area contributed by atoms with Crippen LogP contribution in [0.3, 0.4) is 0 Å². The van der Waals surface area contributed by atoms with Crippen molar-refractivity contribution in [2.45, 2.75) is 0 Å². The number of nitrogens with zero attached hydrogens (tertiary/aromatic N) is 1. The second kappa shape index (κ2) is 15.4. The van der Waals surface area contributed by atoms with Gasteiger partial charge in [0.1, 0.15) is 0 Å². The molecule has 0 saturated heterocycles. The summed E-state index contributed by atoms with van der Waals surface area (Å²) in [7, 11) is 0. The Kier molecular flexibility index (Phi) is 6.77. The molecular formula is C54H39N. The lowest BCUT2D eigenvalue weighted by molar-refractivity contribution is 1.28. The third-order valence-electron chi connectivity index (χ3n) is 9.71. The first-order valence-corrected chi connectivity index (χ1v) is 18.0. The van der Waals surface area contributed by atoms with E-state index in [1.54, 1.807) is 24.3 Å². The number of para-hydroxylation sites is 1. The van der Waals surface area contributed by atoms with Crippen LogP contribution in [0.25, 0.3) is 66.8 Å². The monoisotopic (exact) mass is 711 g/mol. The number of hydrogen-bond donors (Lipinski definition) is 0. The molecule has 0 aliphatic heterocycles. The maximum atomic E-state index is 8.63. The second-order valence-corrected chi connectivity index (χ2v) is 13.0. The lowest BCUT2D eigenvalue weighted by atomic mass is 9.88. The van der Waals surface area contributed by atoms with E-state index in [2.05, 4.69) is 65.6 Å². The van der Waals surface area contributed by atoms with E-state index in [4.69, 9.17) is 13.7 Å². The average molecular weight is 712 g/mol. The Bertz CT molecular complexity index is 3180. The van der Waals surface area contributed by atoms with Gasteiger partial charge in [0.05, 0.1) is 19.4 Å². The van der Waals surface area contributed by atoms with E-state index in [0.29, 0.717) is 11.1 Å². The van der Waals surface area contributed by atoms with Gasteiger partial charge in [0.25, 0.3) is 0 Å². The SMILES string of the molecule is [2H]c1c([2H])c([2H])c(-c2ccc(-c3ccc(N(c4ccc(-c5c([2H])c([2H])c([2H])c([2H])c5[2H])cc4)c4ccccc4-c4ccccc4-c4ccccc4-c4ccccc4)cc3)cc2)c([2H])c1[2H]. The van der Waals surface area contributed by atoms with Crippen LogP contribution in [0.5, 0.6) is 0 Å². The highest BCUT2D eigenvalue weighted by molar-refractivity contribution is 5.97. The molecule has 0 heterocycles. The molecule has 9 aromatic carbocycles. The molecule has 0 aromatic heterocycles. The van der Waals surface area contributed by atoms with Gasteiger partial charge in [-0.25, -0.2) is 0 Å². The maximum Gasteiger partial charge on any atom is 0.0629 e. The van der Waals surface area contributed by atoms with E-state index in [1.165, 1.54) is 0 Å². The van der Waals surface area contributed by atoms with E-state index >= 15 is 0 Å². The molecule has 0 amide bonds. The summed E-state index contributed by atoms with van der Waals surface area (Å²) in [4.78, 5) is 2.15. The third-order valence-corrected chi connectivity index (χ3v) is 9.71. The van der Waals surface area contributed by atoms with Crippen LogP contribution in [-0.4, -0.2) is 0 Å². The van der Waals surface area contributed by atoms with Gasteiger partial charge in [-0.3, -0.25) is 0 Å². The van der Waals surface area contributed by atoms with Crippen LogP contribution in [0.15, 0.2) is 236 Å². The molecular weight excluding hydrogens is 663 g/mol. The van der Waals surface area contributed by atoms with Crippen LogP contribution in [-0.2, 0) is 0 Å². The van der Waals surface area contributed by atoms with Gasteiger partial charge < -0.3 is 4.90 Å². The molecule has 9 aromatic rings. The third kappa shape index (κ3) is 7.00. The molecule has 0 N–H and O–H groups in total. The van der Waals surface area contributed by atoms with E-state index < -0.39 is 24.2 Å². The molecule has 0 atom stereocenters. The summed E-state index contributed by atoms with van der Waals surface area (Å²) in [5.74, 6) is 0. The van der Waals surface area contributed by atoms with Crippen LogP contribution in [0.1, 0.15) is 13.7 Å². The molecule has 0 aliphatic carbocycles. The molecule has 0 aliphatic rings. The zero-order valence-electron chi connectivity index (χ0n) is 39.7. The van der Waals surface area contributed by atoms with Crippen molar-refractivity contribution in [2.75, 3.05) is 4.90 Å². The summed E-state index contributed by atoms with van der Waals surface area (Å²) in [6, 6.07) is 54.6. The van der Waals surface area contributed by atoms with Gasteiger partial charge >= 0.3 is 0 Å². The van der Waals surface area contributed by atoms with Gasteiger partial charge in [0, 0.05) is 16.9 Å². The lowest BCUT2D eigenvalue weighted by Crippen LogP contribution is -2.11. The molecule has 260 valence electrons. The minimum Gasteiger partial charge on any atom is -0.310 e. The topological polar surface area (TPSA) is 3.24 Å². The molecule has 9 rings (SSSR count). The van der Waals surface area contributed by atoms with Crippen molar-refractivity contribution in [1.29, 1.82) is 0 Å². The summed E-state index contributed by atoms with van der Waals surface area (Å²) < 4.78 is 83.1. The van der Waals surface area contributed by atoms with Crippen molar-refractivity contribution >= 4 is 17.1 Å². The molecule has 0 fully saturated rings. The van der Waals surface area contributed by atoms with E-state index in [0.717, 1.165) is 61.6 Å². The summed E-state index contributed by atoms with van der Waals surface area (Å²) in [6.07, 6.45) is 0. The minimum absolute atomic E-state index is 0.127. The molecule has 1 heteroatoms. The smallest absolute Gasteiger partial charge is 0.0629 e. The normalized spacial score (nSPS) is 13.5. The van der Waals surface area contributed by atoms with Crippen molar-refractivity contribution in [1.82, 2.24) is 0 Å². The zero-order chi connectivity index (χ0) is 45.5. The predicted molar refractivity (Wildman–Crippen MR) is 234 cm³/mol. The largest absolute Gasteiger partial charge is 0.310 e. The fourth-order valence-electron chi connectivity index (χ4n) is 7.06. The summed E-state index contributed by atoms with van der Waals surface area (Å²) >= 11 is 0. The second-order valence-electron chi connectivity index (χ2n) is 13.0. The first-order chi connectivity index (χ1) is 31.4. The maximum absolute atomic E-state index is 8.63. The number of anilines is 3. The molecule has 1 nitrogen and oxygen atoms in total. The highest BCUT2D eigenvalue weighted by atomic mass is 15.1. The average Bonchev–Trinajstić information content (AvgIpc) is 3.35. The zero-order valence-corrected chi connectivity index (χ0v) is 29.7. The molecule has 0 saturated carbocycles. The summed E-state index contributed by atoms with van der Waals surface area (Å²) in [5, 5.41) is 0. The standard InChI is InChI=1S/C54H39N/c1-4-16-40(17-5-1)42-28-30-43(31-29-42)45-34-38-48(39-35-45)55(47-36-32-44(33-37-47)41-18-6-2-7-19-41)54-27-15-14-26-53(54)52-25-13-12-24-51(52)50-23-11-10-22-49(50)46-20-8-3-9-21-46/h1-39H/i1D,2D,4D,5D,6D,7D,16D,17D,18D,19D. The van der Waals surface area contributed by atoms with Crippen molar-refractivity contribution in [3.8, 4) is 66.8 Å². The number of rotatable bonds is 9. The predicted octanol–water partition coefficient (Wildman–Crippen LogP) is 15.2. The minimum atomic E-state index is -0.441. The lowest BCUT2D eigenvalue weighted by Gasteiger charge is -2.29. The quantitative estimate of drug-likeness (QED) is 0.144. The number of hydrogen-bond acceptors (Lipinski definition) is 1. The summed E-state index contributed by atoms with van der Waals surface area (Å²) in [5.41, 5.74) is 11.9. The molecule has 0 unspecified atom stereocenters. The molecule has 55 heavy (non-hydrogen) atoms. The van der Waals surface area contributed by atoms with Crippen LogP contribution < -0.4 is 4.90 Å². The molecule has 0 radical (unpaired) electrons. The first kappa shape index (κ1) is 24.2. The molecule has 0 bridgehead atoms. The molecule has 0 spiro atoms. The Labute approximate surface area is 338 Å². The van der Waals surface area contributed by atoms with Crippen molar-refractivity contribution in [3.63, 3.8) is 0 Å².